The van der Waals surface area contributed by atoms with Gasteiger partial charge in [0.05, 0.1) is 6.54 Å². The molecule has 0 saturated carbocycles. The number of amidine groups is 1. The average Bonchev–Trinajstić information content (AvgIpc) is 2.39. The van der Waals surface area contributed by atoms with Crippen LogP contribution in [0.1, 0.15) is 32.6 Å². The number of rotatable bonds is 6. The highest BCUT2D eigenvalue weighted by atomic mass is 32.2. The first-order valence-corrected chi connectivity index (χ1v) is 7.63. The first kappa shape index (κ1) is 15.2. The zero-order valence-electron chi connectivity index (χ0n) is 10.7. The van der Waals surface area contributed by atoms with Crippen LogP contribution in [0, 0.1) is 0 Å². The first-order valence-electron chi connectivity index (χ1n) is 6.24. The summed E-state index contributed by atoms with van der Waals surface area (Å²) in [5.41, 5.74) is 5.41. The minimum Gasteiger partial charge on any atom is -0.409 e. The summed E-state index contributed by atoms with van der Waals surface area (Å²) in [5.74, 6) is -0.0935. The molecule has 0 aromatic heterocycles. The molecule has 1 heterocycles. The van der Waals surface area contributed by atoms with Crippen LogP contribution in [0.3, 0.4) is 0 Å². The molecule has 7 nitrogen and oxygen atoms in total. The lowest BCUT2D eigenvalue weighted by molar-refractivity contribution is 0.302. The Morgan fingerprint density at radius 2 is 2.00 bits per heavy atom. The Morgan fingerprint density at radius 1 is 1.39 bits per heavy atom. The smallest absolute Gasteiger partial charge is 0.282 e. The summed E-state index contributed by atoms with van der Waals surface area (Å²) in [5, 5.41) is 11.4. The fraction of sp³-hybridized carbons (Fsp3) is 0.900. The van der Waals surface area contributed by atoms with Crippen LogP contribution in [0.25, 0.3) is 0 Å². The Kier molecular flexibility index (Phi) is 5.83. The van der Waals surface area contributed by atoms with Crippen molar-refractivity contribution in [1.29, 1.82) is 0 Å². The number of nitrogens with zero attached hydrogens (tertiary/aromatic N) is 3. The van der Waals surface area contributed by atoms with Gasteiger partial charge in [-0.3, -0.25) is 0 Å². The monoisotopic (exact) mass is 278 g/mol. The molecule has 0 atom stereocenters. The lowest BCUT2D eigenvalue weighted by Gasteiger charge is -2.31. The fourth-order valence-electron chi connectivity index (χ4n) is 2.00. The Morgan fingerprint density at radius 3 is 2.50 bits per heavy atom. The molecule has 1 rings (SSSR count). The van der Waals surface area contributed by atoms with Crippen LogP contribution >= 0.6 is 0 Å². The minimum absolute atomic E-state index is 0.0663. The molecular formula is C10H22N4O3S. The SMILES string of the molecule is CCCN(CC(N)=NO)S(=O)(=O)N1CCCCC1. The molecule has 8 heteroatoms. The third-order valence-electron chi connectivity index (χ3n) is 2.91. The summed E-state index contributed by atoms with van der Waals surface area (Å²) in [6.45, 7) is 3.31. The van der Waals surface area contributed by atoms with Crippen molar-refractivity contribution in [1.82, 2.24) is 8.61 Å². The summed E-state index contributed by atoms with van der Waals surface area (Å²) in [4.78, 5) is 0. The molecule has 0 aliphatic carbocycles. The zero-order valence-corrected chi connectivity index (χ0v) is 11.6. The third-order valence-corrected chi connectivity index (χ3v) is 4.89. The molecule has 18 heavy (non-hydrogen) atoms. The predicted molar refractivity (Wildman–Crippen MR) is 69.6 cm³/mol. The number of hydrogen-bond donors (Lipinski definition) is 2. The number of piperidine rings is 1. The largest absolute Gasteiger partial charge is 0.409 e. The van der Waals surface area contributed by atoms with Gasteiger partial charge in [0.2, 0.25) is 0 Å². The quantitative estimate of drug-likeness (QED) is 0.313. The molecule has 0 radical (unpaired) electrons. The molecule has 0 spiro atoms. The van der Waals surface area contributed by atoms with Crippen molar-refractivity contribution in [3.8, 4) is 0 Å². The Labute approximate surface area is 108 Å². The summed E-state index contributed by atoms with van der Waals surface area (Å²) in [6.07, 6.45) is 3.54. The second-order valence-electron chi connectivity index (χ2n) is 4.39. The van der Waals surface area contributed by atoms with Crippen molar-refractivity contribution >= 4 is 16.0 Å². The van der Waals surface area contributed by atoms with Crippen LogP contribution in [0.2, 0.25) is 0 Å². The summed E-state index contributed by atoms with van der Waals surface area (Å²) < 4.78 is 27.5. The minimum atomic E-state index is -3.50. The molecule has 1 fully saturated rings. The van der Waals surface area contributed by atoms with Gasteiger partial charge in [-0.05, 0) is 19.3 Å². The maximum absolute atomic E-state index is 12.4. The van der Waals surface area contributed by atoms with Crippen molar-refractivity contribution in [2.45, 2.75) is 32.6 Å². The van der Waals surface area contributed by atoms with Crippen molar-refractivity contribution in [3.05, 3.63) is 0 Å². The first-order chi connectivity index (χ1) is 8.52. The van der Waals surface area contributed by atoms with Gasteiger partial charge in [0.15, 0.2) is 5.84 Å². The van der Waals surface area contributed by atoms with Gasteiger partial charge in [0.25, 0.3) is 10.2 Å². The zero-order chi connectivity index (χ0) is 13.6. The molecule has 3 N–H and O–H groups in total. The van der Waals surface area contributed by atoms with Gasteiger partial charge in [-0.1, -0.05) is 18.5 Å². The van der Waals surface area contributed by atoms with Gasteiger partial charge in [-0.15, -0.1) is 0 Å². The second-order valence-corrected chi connectivity index (χ2v) is 6.32. The second kappa shape index (κ2) is 6.91. The summed E-state index contributed by atoms with van der Waals surface area (Å²) in [7, 11) is -3.50. The van der Waals surface area contributed by atoms with Crippen LogP contribution in [0.4, 0.5) is 0 Å². The molecular weight excluding hydrogens is 256 g/mol. The van der Waals surface area contributed by atoms with E-state index in [0.717, 1.165) is 19.3 Å². The topological polar surface area (TPSA) is 99.2 Å². The maximum Gasteiger partial charge on any atom is 0.282 e. The van der Waals surface area contributed by atoms with E-state index in [0.29, 0.717) is 26.1 Å². The molecule has 1 aliphatic rings. The predicted octanol–water partition coefficient (Wildman–Crippen LogP) is 0.176. The van der Waals surface area contributed by atoms with E-state index < -0.39 is 10.2 Å². The van der Waals surface area contributed by atoms with E-state index in [1.165, 1.54) is 8.61 Å². The van der Waals surface area contributed by atoms with Crippen molar-refractivity contribution in [3.63, 3.8) is 0 Å². The van der Waals surface area contributed by atoms with E-state index in [1.807, 2.05) is 6.92 Å². The van der Waals surface area contributed by atoms with E-state index in [9.17, 15) is 8.42 Å². The molecule has 106 valence electrons. The van der Waals surface area contributed by atoms with E-state index in [2.05, 4.69) is 5.16 Å². The molecule has 1 aliphatic heterocycles. The van der Waals surface area contributed by atoms with Gasteiger partial charge in [-0.25, -0.2) is 0 Å². The highest BCUT2D eigenvalue weighted by Crippen LogP contribution is 2.16. The Balaban J connectivity index is 2.81. The maximum atomic E-state index is 12.4. The third kappa shape index (κ3) is 3.82. The fourth-order valence-corrected chi connectivity index (χ4v) is 3.75. The van der Waals surface area contributed by atoms with Crippen LogP contribution < -0.4 is 5.73 Å². The standard InChI is InChI=1S/C10H22N4O3S/c1-2-6-14(9-10(11)12-15)18(16,17)13-7-4-3-5-8-13/h15H,2-9H2,1H3,(H2,11,12). The molecule has 1 saturated heterocycles. The average molecular weight is 278 g/mol. The molecule has 0 unspecified atom stereocenters. The number of oxime groups is 1. The normalized spacial score (nSPS) is 19.3. The number of nitrogens with two attached hydrogens (primary N) is 1. The molecule has 0 aromatic rings. The van der Waals surface area contributed by atoms with Gasteiger partial charge in [0.1, 0.15) is 0 Å². The van der Waals surface area contributed by atoms with Gasteiger partial charge in [0, 0.05) is 19.6 Å². The highest BCUT2D eigenvalue weighted by Gasteiger charge is 2.30. The lowest BCUT2D eigenvalue weighted by atomic mass is 10.2. The van der Waals surface area contributed by atoms with Crippen molar-refractivity contribution in [2.75, 3.05) is 26.2 Å². The molecule has 0 amide bonds. The highest BCUT2D eigenvalue weighted by molar-refractivity contribution is 7.86. The van der Waals surface area contributed by atoms with E-state index in [4.69, 9.17) is 10.9 Å². The van der Waals surface area contributed by atoms with E-state index in [-0.39, 0.29) is 12.4 Å². The Bertz CT molecular complexity index is 377. The van der Waals surface area contributed by atoms with Gasteiger partial charge >= 0.3 is 0 Å². The van der Waals surface area contributed by atoms with Gasteiger partial charge in [-0.2, -0.15) is 17.0 Å². The van der Waals surface area contributed by atoms with Crippen LogP contribution in [-0.4, -0.2) is 54.3 Å². The van der Waals surface area contributed by atoms with E-state index >= 15 is 0 Å². The summed E-state index contributed by atoms with van der Waals surface area (Å²) in [6, 6.07) is 0. The van der Waals surface area contributed by atoms with Crippen LogP contribution in [0.15, 0.2) is 5.16 Å². The van der Waals surface area contributed by atoms with Crippen molar-refractivity contribution < 1.29 is 13.6 Å². The van der Waals surface area contributed by atoms with E-state index in [1.54, 1.807) is 0 Å². The van der Waals surface area contributed by atoms with Crippen LogP contribution in [-0.2, 0) is 10.2 Å². The van der Waals surface area contributed by atoms with Gasteiger partial charge < -0.3 is 10.9 Å². The Hall–Kier alpha value is -0.860. The molecule has 0 aromatic carbocycles. The lowest BCUT2D eigenvalue weighted by Crippen LogP contribution is -2.48. The van der Waals surface area contributed by atoms with Crippen LogP contribution in [0.5, 0.6) is 0 Å². The molecule has 0 bridgehead atoms. The van der Waals surface area contributed by atoms with Crippen molar-refractivity contribution in [2.24, 2.45) is 10.9 Å². The number of hydrogen-bond acceptors (Lipinski definition) is 4. The summed E-state index contributed by atoms with van der Waals surface area (Å²) >= 11 is 0.